The smallest absolute Gasteiger partial charge is 0.137 e. The summed E-state index contributed by atoms with van der Waals surface area (Å²) < 4.78 is 1.90. The molecular formula is C17H13N3O. The average Bonchev–Trinajstić information content (AvgIpc) is 2.97. The minimum absolute atomic E-state index is 0.643. The summed E-state index contributed by atoms with van der Waals surface area (Å²) in [5.41, 5.74) is 3.21. The number of hydrogen-bond donors (Lipinski definition) is 1. The zero-order chi connectivity index (χ0) is 14.2. The van der Waals surface area contributed by atoms with E-state index in [1.54, 1.807) is 6.20 Å². The number of nitrogens with zero attached hydrogens (tertiary/aromatic N) is 3. The van der Waals surface area contributed by atoms with Crippen molar-refractivity contribution in [3.63, 3.8) is 0 Å². The Kier molecular flexibility index (Phi) is 2.69. The highest BCUT2D eigenvalue weighted by atomic mass is 16.3. The molecule has 4 aromatic rings. The van der Waals surface area contributed by atoms with Crippen molar-refractivity contribution in [2.24, 2.45) is 0 Å². The first-order chi connectivity index (χ1) is 10.3. The lowest BCUT2D eigenvalue weighted by atomic mass is 10.0. The molecule has 0 fully saturated rings. The molecule has 1 N–H and O–H groups in total. The lowest BCUT2D eigenvalue weighted by Crippen LogP contribution is -2.00. The Morgan fingerprint density at radius 3 is 2.90 bits per heavy atom. The molecule has 0 saturated heterocycles. The highest BCUT2D eigenvalue weighted by Crippen LogP contribution is 2.24. The van der Waals surface area contributed by atoms with Crippen LogP contribution in [0.5, 0.6) is 0 Å². The molecule has 1 atom stereocenters. The molecule has 0 radical (unpaired) electrons. The van der Waals surface area contributed by atoms with Gasteiger partial charge in [0.1, 0.15) is 11.8 Å². The Balaban J connectivity index is 1.79. The summed E-state index contributed by atoms with van der Waals surface area (Å²) in [4.78, 5) is 8.75. The van der Waals surface area contributed by atoms with Crippen molar-refractivity contribution in [2.45, 2.75) is 6.10 Å². The second-order valence-electron chi connectivity index (χ2n) is 4.99. The van der Waals surface area contributed by atoms with Crippen LogP contribution in [0.25, 0.3) is 16.6 Å². The van der Waals surface area contributed by atoms with Crippen LogP contribution in [0, 0.1) is 0 Å². The van der Waals surface area contributed by atoms with E-state index in [9.17, 15) is 5.11 Å². The van der Waals surface area contributed by atoms with Crippen LogP contribution in [0.3, 0.4) is 0 Å². The Morgan fingerprint density at radius 1 is 1.05 bits per heavy atom. The topological polar surface area (TPSA) is 50.4 Å². The van der Waals surface area contributed by atoms with Gasteiger partial charge in [-0.3, -0.25) is 4.98 Å². The van der Waals surface area contributed by atoms with Gasteiger partial charge < -0.3 is 9.51 Å². The van der Waals surface area contributed by atoms with Crippen LogP contribution in [-0.4, -0.2) is 19.5 Å². The molecule has 1 unspecified atom stereocenters. The molecule has 0 aliphatic rings. The van der Waals surface area contributed by atoms with Crippen LogP contribution in [0.2, 0.25) is 0 Å². The molecule has 3 heterocycles. The SMILES string of the molecule is OC(c1ccc2ncccc2c1)c1cn2ccccc2n1. The summed E-state index contributed by atoms with van der Waals surface area (Å²) in [5.74, 6) is 0. The maximum Gasteiger partial charge on any atom is 0.137 e. The third-order valence-electron chi connectivity index (χ3n) is 3.61. The van der Waals surface area contributed by atoms with Gasteiger partial charge >= 0.3 is 0 Å². The van der Waals surface area contributed by atoms with Gasteiger partial charge in [0.25, 0.3) is 0 Å². The number of rotatable bonds is 2. The van der Waals surface area contributed by atoms with Gasteiger partial charge in [-0.1, -0.05) is 18.2 Å². The second kappa shape index (κ2) is 4.68. The van der Waals surface area contributed by atoms with Crippen LogP contribution >= 0.6 is 0 Å². The number of aliphatic hydroxyl groups is 1. The van der Waals surface area contributed by atoms with Crippen molar-refractivity contribution in [3.05, 3.63) is 78.4 Å². The molecule has 1 aromatic carbocycles. The number of aromatic nitrogens is 3. The number of hydrogen-bond acceptors (Lipinski definition) is 3. The Bertz CT molecular complexity index is 896. The second-order valence-corrected chi connectivity index (χ2v) is 4.99. The van der Waals surface area contributed by atoms with E-state index in [-0.39, 0.29) is 0 Å². The molecular weight excluding hydrogens is 262 g/mol. The molecule has 0 aliphatic heterocycles. The molecule has 0 saturated carbocycles. The highest BCUT2D eigenvalue weighted by Gasteiger charge is 2.14. The zero-order valence-electron chi connectivity index (χ0n) is 11.2. The summed E-state index contributed by atoms with van der Waals surface area (Å²) in [6, 6.07) is 15.4. The van der Waals surface area contributed by atoms with Crippen LogP contribution in [0.4, 0.5) is 0 Å². The number of fused-ring (bicyclic) bond motifs is 2. The summed E-state index contributed by atoms with van der Waals surface area (Å²) in [6.45, 7) is 0. The molecule has 0 amide bonds. The van der Waals surface area contributed by atoms with Crippen molar-refractivity contribution in [1.29, 1.82) is 0 Å². The van der Waals surface area contributed by atoms with Crippen molar-refractivity contribution in [2.75, 3.05) is 0 Å². The van der Waals surface area contributed by atoms with Gasteiger partial charge in [-0.15, -0.1) is 0 Å². The summed E-state index contributed by atoms with van der Waals surface area (Å²) in [7, 11) is 0. The van der Waals surface area contributed by atoms with E-state index < -0.39 is 6.10 Å². The predicted octanol–water partition coefficient (Wildman–Crippen LogP) is 2.96. The quantitative estimate of drug-likeness (QED) is 0.612. The summed E-state index contributed by atoms with van der Waals surface area (Å²) in [6.07, 6.45) is 4.80. The van der Waals surface area contributed by atoms with Crippen LogP contribution in [-0.2, 0) is 0 Å². The molecule has 21 heavy (non-hydrogen) atoms. The first kappa shape index (κ1) is 12.1. The van der Waals surface area contributed by atoms with E-state index in [4.69, 9.17) is 0 Å². The maximum absolute atomic E-state index is 10.6. The van der Waals surface area contributed by atoms with Gasteiger partial charge in [0.15, 0.2) is 0 Å². The molecule has 4 rings (SSSR count). The van der Waals surface area contributed by atoms with Gasteiger partial charge in [0, 0.05) is 24.0 Å². The molecule has 3 aromatic heterocycles. The molecule has 4 nitrogen and oxygen atoms in total. The van der Waals surface area contributed by atoms with Crippen molar-refractivity contribution in [1.82, 2.24) is 14.4 Å². The average molecular weight is 275 g/mol. The molecule has 0 spiro atoms. The maximum atomic E-state index is 10.6. The third kappa shape index (κ3) is 2.06. The molecule has 102 valence electrons. The minimum atomic E-state index is -0.741. The number of pyridine rings is 2. The summed E-state index contributed by atoms with van der Waals surface area (Å²) >= 11 is 0. The number of imidazole rings is 1. The van der Waals surface area contributed by atoms with Crippen molar-refractivity contribution < 1.29 is 5.11 Å². The first-order valence-electron chi connectivity index (χ1n) is 6.78. The Labute approximate surface area is 121 Å². The van der Waals surface area contributed by atoms with Gasteiger partial charge in [-0.25, -0.2) is 4.98 Å². The lowest BCUT2D eigenvalue weighted by molar-refractivity contribution is 0.216. The summed E-state index contributed by atoms with van der Waals surface area (Å²) in [5, 5.41) is 11.6. The van der Waals surface area contributed by atoms with Gasteiger partial charge in [0.2, 0.25) is 0 Å². The zero-order valence-corrected chi connectivity index (χ0v) is 11.2. The number of benzene rings is 1. The lowest BCUT2D eigenvalue weighted by Gasteiger charge is -2.08. The fourth-order valence-corrected chi connectivity index (χ4v) is 2.52. The van der Waals surface area contributed by atoms with Crippen LogP contribution in [0.1, 0.15) is 17.4 Å². The van der Waals surface area contributed by atoms with Crippen molar-refractivity contribution in [3.8, 4) is 0 Å². The normalized spacial score (nSPS) is 12.8. The molecule has 0 aliphatic carbocycles. The van der Waals surface area contributed by atoms with Gasteiger partial charge in [-0.2, -0.15) is 0 Å². The highest BCUT2D eigenvalue weighted by molar-refractivity contribution is 5.79. The van der Waals surface area contributed by atoms with Crippen LogP contribution in [0.15, 0.2) is 67.1 Å². The van der Waals surface area contributed by atoms with E-state index >= 15 is 0 Å². The third-order valence-corrected chi connectivity index (χ3v) is 3.61. The fraction of sp³-hybridized carbons (Fsp3) is 0.0588. The minimum Gasteiger partial charge on any atom is -0.382 e. The first-order valence-corrected chi connectivity index (χ1v) is 6.78. The fourth-order valence-electron chi connectivity index (χ4n) is 2.52. The predicted molar refractivity (Wildman–Crippen MR) is 81.0 cm³/mol. The standard InChI is InChI=1S/C17H13N3O/c21-17(15-11-20-9-2-1-5-16(20)19-15)13-6-7-14-12(10-13)4-3-8-18-14/h1-11,17,21H. The van der Waals surface area contributed by atoms with E-state index in [0.29, 0.717) is 5.69 Å². The number of aliphatic hydroxyl groups excluding tert-OH is 1. The Morgan fingerprint density at radius 2 is 2.00 bits per heavy atom. The molecule has 0 bridgehead atoms. The van der Waals surface area contributed by atoms with Gasteiger partial charge in [-0.05, 0) is 35.9 Å². The van der Waals surface area contributed by atoms with Crippen molar-refractivity contribution >= 4 is 16.6 Å². The van der Waals surface area contributed by atoms with E-state index in [1.807, 2.05) is 65.3 Å². The Hall–Kier alpha value is -2.72. The van der Waals surface area contributed by atoms with E-state index in [2.05, 4.69) is 9.97 Å². The van der Waals surface area contributed by atoms with Crippen LogP contribution < -0.4 is 0 Å². The molecule has 4 heteroatoms. The monoisotopic (exact) mass is 275 g/mol. The van der Waals surface area contributed by atoms with E-state index in [1.165, 1.54) is 0 Å². The van der Waals surface area contributed by atoms with E-state index in [0.717, 1.165) is 22.1 Å². The van der Waals surface area contributed by atoms with Gasteiger partial charge in [0.05, 0.1) is 11.2 Å². The largest absolute Gasteiger partial charge is 0.382 e.